The lowest BCUT2D eigenvalue weighted by atomic mass is 10.1. The summed E-state index contributed by atoms with van der Waals surface area (Å²) in [5.41, 5.74) is 0. The molecule has 1 fully saturated rings. The van der Waals surface area contributed by atoms with E-state index in [1.807, 2.05) is 4.90 Å². The second-order valence-corrected chi connectivity index (χ2v) is 6.08. The van der Waals surface area contributed by atoms with Crippen molar-refractivity contribution >= 4 is 11.8 Å². The zero-order valence-electron chi connectivity index (χ0n) is 14.1. The molecule has 0 saturated carbocycles. The second kappa shape index (κ2) is 9.25. The molecule has 0 unspecified atom stereocenters. The highest BCUT2D eigenvalue weighted by atomic mass is 19.1. The zero-order valence-corrected chi connectivity index (χ0v) is 14.1. The van der Waals surface area contributed by atoms with Crippen molar-refractivity contribution in [3.8, 4) is 5.75 Å². The van der Waals surface area contributed by atoms with E-state index in [-0.39, 0.29) is 24.1 Å². The first-order chi connectivity index (χ1) is 11.6. The minimum absolute atomic E-state index is 0.0148. The van der Waals surface area contributed by atoms with E-state index < -0.39 is 6.04 Å². The number of piperidine rings is 1. The molecular weight excluding hydrogens is 311 g/mol. The molecule has 0 radical (unpaired) electrons. The maximum Gasteiger partial charge on any atom is 0.244 e. The molecule has 5 nitrogen and oxygen atoms in total. The third-order valence-corrected chi connectivity index (χ3v) is 4.03. The van der Waals surface area contributed by atoms with Gasteiger partial charge in [0.2, 0.25) is 11.8 Å². The van der Waals surface area contributed by atoms with Gasteiger partial charge in [-0.15, -0.1) is 0 Å². The van der Waals surface area contributed by atoms with Crippen LogP contribution in [0.3, 0.4) is 0 Å². The minimum atomic E-state index is -0.500. The first kappa shape index (κ1) is 18.2. The number of amides is 2. The monoisotopic (exact) mass is 336 g/mol. The highest BCUT2D eigenvalue weighted by Crippen LogP contribution is 2.12. The summed E-state index contributed by atoms with van der Waals surface area (Å²) in [7, 11) is 0. The van der Waals surface area contributed by atoms with E-state index in [1.165, 1.54) is 12.1 Å². The van der Waals surface area contributed by atoms with Crippen molar-refractivity contribution in [2.75, 3.05) is 19.7 Å². The van der Waals surface area contributed by atoms with Gasteiger partial charge in [0.1, 0.15) is 17.6 Å². The van der Waals surface area contributed by atoms with Gasteiger partial charge in [-0.25, -0.2) is 4.39 Å². The van der Waals surface area contributed by atoms with Crippen LogP contribution in [-0.4, -0.2) is 42.5 Å². The van der Waals surface area contributed by atoms with Crippen LogP contribution in [0.5, 0.6) is 5.75 Å². The van der Waals surface area contributed by atoms with Crippen molar-refractivity contribution in [1.29, 1.82) is 0 Å². The summed E-state index contributed by atoms with van der Waals surface area (Å²) >= 11 is 0. The Hall–Kier alpha value is -2.11. The van der Waals surface area contributed by atoms with Gasteiger partial charge >= 0.3 is 0 Å². The van der Waals surface area contributed by atoms with Crippen LogP contribution < -0.4 is 10.1 Å². The Kier molecular flexibility index (Phi) is 7.03. The Bertz CT molecular complexity index is 559. The summed E-state index contributed by atoms with van der Waals surface area (Å²) in [4.78, 5) is 26.0. The highest BCUT2D eigenvalue weighted by molar-refractivity contribution is 5.87. The first-order valence-corrected chi connectivity index (χ1v) is 8.53. The van der Waals surface area contributed by atoms with Crippen molar-refractivity contribution in [3.05, 3.63) is 30.1 Å². The van der Waals surface area contributed by atoms with Crippen molar-refractivity contribution in [1.82, 2.24) is 10.2 Å². The Morgan fingerprint density at radius 2 is 2.04 bits per heavy atom. The number of rotatable bonds is 7. The number of halogens is 1. The quantitative estimate of drug-likeness (QED) is 0.778. The molecule has 1 atom stereocenters. The fourth-order valence-corrected chi connectivity index (χ4v) is 2.74. The summed E-state index contributed by atoms with van der Waals surface area (Å²) < 4.78 is 18.4. The molecule has 0 spiro atoms. The fraction of sp³-hybridized carbons (Fsp3) is 0.556. The first-order valence-electron chi connectivity index (χ1n) is 8.53. The molecule has 1 aliphatic heterocycles. The molecule has 1 heterocycles. The molecule has 1 N–H and O–H groups in total. The van der Waals surface area contributed by atoms with Crippen LogP contribution in [0.4, 0.5) is 4.39 Å². The maximum atomic E-state index is 13.0. The van der Waals surface area contributed by atoms with Crippen LogP contribution in [0.2, 0.25) is 0 Å². The number of ether oxygens (including phenoxy) is 1. The summed E-state index contributed by atoms with van der Waals surface area (Å²) in [5.74, 6) is -0.0888. The topological polar surface area (TPSA) is 58.6 Å². The molecule has 1 aliphatic rings. The number of hydrogen-bond acceptors (Lipinski definition) is 3. The van der Waals surface area contributed by atoms with Crippen molar-refractivity contribution in [2.45, 2.75) is 45.1 Å². The van der Waals surface area contributed by atoms with E-state index in [9.17, 15) is 14.0 Å². The smallest absolute Gasteiger partial charge is 0.244 e. The second-order valence-electron chi connectivity index (χ2n) is 6.08. The molecule has 1 aromatic carbocycles. The summed E-state index contributed by atoms with van der Waals surface area (Å²) in [6.45, 7) is 3.60. The number of likely N-dealkylation sites (tertiary alicyclic amines) is 1. The SMILES string of the molecule is C[C@H](NC(=O)CCCOc1cccc(F)c1)C(=O)N1CCCCC1. The van der Waals surface area contributed by atoms with Gasteiger partial charge in [0.05, 0.1) is 6.61 Å². The van der Waals surface area contributed by atoms with E-state index in [0.717, 1.165) is 32.4 Å². The average Bonchev–Trinajstić information content (AvgIpc) is 2.59. The summed E-state index contributed by atoms with van der Waals surface area (Å²) in [6, 6.07) is 5.40. The number of benzene rings is 1. The van der Waals surface area contributed by atoms with E-state index in [1.54, 1.807) is 19.1 Å². The molecule has 0 bridgehead atoms. The fourth-order valence-electron chi connectivity index (χ4n) is 2.74. The summed E-state index contributed by atoms with van der Waals surface area (Å²) in [5, 5.41) is 2.74. The molecule has 2 amide bonds. The Labute approximate surface area is 142 Å². The Morgan fingerprint density at radius 1 is 1.29 bits per heavy atom. The maximum absolute atomic E-state index is 13.0. The zero-order chi connectivity index (χ0) is 17.4. The van der Waals surface area contributed by atoms with Crippen LogP contribution in [0.15, 0.2) is 24.3 Å². The molecule has 0 aromatic heterocycles. The van der Waals surface area contributed by atoms with Gasteiger partial charge in [-0.1, -0.05) is 6.07 Å². The van der Waals surface area contributed by atoms with Crippen molar-refractivity contribution < 1.29 is 18.7 Å². The lowest BCUT2D eigenvalue weighted by Gasteiger charge is -2.29. The third-order valence-electron chi connectivity index (χ3n) is 4.03. The van der Waals surface area contributed by atoms with Gasteiger partial charge < -0.3 is 15.0 Å². The van der Waals surface area contributed by atoms with Crippen molar-refractivity contribution in [2.24, 2.45) is 0 Å². The van der Waals surface area contributed by atoms with Crippen LogP contribution >= 0.6 is 0 Å². The van der Waals surface area contributed by atoms with Crippen LogP contribution in [-0.2, 0) is 9.59 Å². The molecule has 2 rings (SSSR count). The number of carbonyl (C=O) groups is 2. The molecule has 132 valence electrons. The predicted molar refractivity (Wildman–Crippen MR) is 89.2 cm³/mol. The lowest BCUT2D eigenvalue weighted by Crippen LogP contribution is -2.48. The van der Waals surface area contributed by atoms with Crippen LogP contribution in [0.25, 0.3) is 0 Å². The van der Waals surface area contributed by atoms with E-state index in [2.05, 4.69) is 5.32 Å². The normalized spacial score (nSPS) is 15.7. The van der Waals surface area contributed by atoms with Gasteiger partial charge in [-0.05, 0) is 44.7 Å². The molecule has 24 heavy (non-hydrogen) atoms. The molecule has 1 aromatic rings. The third kappa shape index (κ3) is 5.83. The largest absolute Gasteiger partial charge is 0.493 e. The number of hydrogen-bond donors (Lipinski definition) is 1. The van der Waals surface area contributed by atoms with E-state index in [0.29, 0.717) is 18.8 Å². The van der Waals surface area contributed by atoms with Gasteiger partial charge in [-0.3, -0.25) is 9.59 Å². The molecule has 6 heteroatoms. The molecule has 0 aliphatic carbocycles. The highest BCUT2D eigenvalue weighted by Gasteiger charge is 2.23. The number of carbonyl (C=O) groups excluding carboxylic acids is 2. The molecular formula is C18H25FN2O3. The van der Waals surface area contributed by atoms with Gasteiger partial charge in [0.15, 0.2) is 0 Å². The van der Waals surface area contributed by atoms with E-state index in [4.69, 9.17) is 4.74 Å². The van der Waals surface area contributed by atoms with Crippen LogP contribution in [0, 0.1) is 5.82 Å². The van der Waals surface area contributed by atoms with Gasteiger partial charge in [-0.2, -0.15) is 0 Å². The lowest BCUT2D eigenvalue weighted by molar-refractivity contribution is -0.136. The number of nitrogens with zero attached hydrogens (tertiary/aromatic N) is 1. The van der Waals surface area contributed by atoms with Gasteiger partial charge in [0.25, 0.3) is 0 Å². The average molecular weight is 336 g/mol. The predicted octanol–water partition coefficient (Wildman–Crippen LogP) is 2.50. The van der Waals surface area contributed by atoms with Crippen LogP contribution in [0.1, 0.15) is 39.0 Å². The van der Waals surface area contributed by atoms with Gasteiger partial charge in [0, 0.05) is 25.6 Å². The number of nitrogens with one attached hydrogen (secondary N) is 1. The molecule has 1 saturated heterocycles. The van der Waals surface area contributed by atoms with Crippen molar-refractivity contribution in [3.63, 3.8) is 0 Å². The summed E-state index contributed by atoms with van der Waals surface area (Å²) in [6.07, 6.45) is 4.00. The minimum Gasteiger partial charge on any atom is -0.493 e. The Morgan fingerprint density at radius 3 is 2.75 bits per heavy atom. The standard InChI is InChI=1S/C18H25FN2O3/c1-14(18(23)21-10-3-2-4-11-21)20-17(22)9-6-12-24-16-8-5-7-15(19)13-16/h5,7-8,13-14H,2-4,6,9-12H2,1H3,(H,20,22)/t14-/m0/s1. The Balaban J connectivity index is 1.64. The van der Waals surface area contributed by atoms with E-state index >= 15 is 0 Å².